The molecule has 0 aromatic rings. The molecule has 18 heavy (non-hydrogen) atoms. The van der Waals surface area contributed by atoms with Crippen LogP contribution in [0.15, 0.2) is 0 Å². The van der Waals surface area contributed by atoms with Gasteiger partial charge in [-0.15, -0.1) is 0 Å². The zero-order chi connectivity index (χ0) is 13.1. The Hall–Kier alpha value is -0.570. The molecule has 1 amide bonds. The molecule has 0 aliphatic heterocycles. The van der Waals surface area contributed by atoms with Crippen LogP contribution in [-0.4, -0.2) is 23.7 Å². The summed E-state index contributed by atoms with van der Waals surface area (Å²) in [5.41, 5.74) is 0. The largest absolute Gasteiger partial charge is 0.393 e. The predicted octanol–water partition coefficient (Wildman–Crippen LogP) is 2.34. The lowest BCUT2D eigenvalue weighted by molar-refractivity contribution is -0.122. The van der Waals surface area contributed by atoms with E-state index in [1.807, 2.05) is 0 Å². The van der Waals surface area contributed by atoms with Crippen LogP contribution in [-0.2, 0) is 4.79 Å². The van der Waals surface area contributed by atoms with Crippen LogP contribution in [0.25, 0.3) is 0 Å². The number of hydrogen-bond donors (Lipinski definition) is 2. The lowest BCUT2D eigenvalue weighted by Crippen LogP contribution is -2.31. The Morgan fingerprint density at radius 3 is 2.67 bits per heavy atom. The van der Waals surface area contributed by atoms with Gasteiger partial charge in [0.1, 0.15) is 0 Å². The number of carbonyl (C=O) groups excluding carboxylic acids is 1. The molecule has 0 aromatic carbocycles. The standard InChI is InChI=1S/C15H27NO2/c1-10(5-11(2)17)9-16-15(18)8-14-7-12-3-4-13(14)6-12/h10-14,17H,3-9H2,1-2H3,(H,16,18). The van der Waals surface area contributed by atoms with Crippen molar-refractivity contribution in [1.82, 2.24) is 5.32 Å². The number of rotatable bonds is 6. The van der Waals surface area contributed by atoms with Crippen LogP contribution in [0.1, 0.15) is 52.4 Å². The number of amides is 1. The van der Waals surface area contributed by atoms with Crippen molar-refractivity contribution < 1.29 is 9.90 Å². The normalized spacial score (nSPS) is 33.4. The molecule has 2 aliphatic carbocycles. The van der Waals surface area contributed by atoms with E-state index in [4.69, 9.17) is 0 Å². The lowest BCUT2D eigenvalue weighted by atomic mass is 9.86. The van der Waals surface area contributed by atoms with E-state index in [1.54, 1.807) is 6.92 Å². The molecule has 0 aromatic heterocycles. The van der Waals surface area contributed by atoms with Gasteiger partial charge in [0, 0.05) is 13.0 Å². The first-order chi connectivity index (χ1) is 8.54. The van der Waals surface area contributed by atoms with Crippen molar-refractivity contribution in [3.05, 3.63) is 0 Å². The molecule has 2 saturated carbocycles. The molecule has 0 radical (unpaired) electrons. The second kappa shape index (κ2) is 6.05. The minimum Gasteiger partial charge on any atom is -0.393 e. The third-order valence-electron chi connectivity index (χ3n) is 4.72. The highest BCUT2D eigenvalue weighted by Crippen LogP contribution is 2.49. The van der Waals surface area contributed by atoms with Gasteiger partial charge in [-0.05, 0) is 56.3 Å². The van der Waals surface area contributed by atoms with Crippen LogP contribution < -0.4 is 5.32 Å². The maximum atomic E-state index is 11.9. The number of aliphatic hydroxyl groups is 1. The summed E-state index contributed by atoms with van der Waals surface area (Å²) < 4.78 is 0. The molecule has 104 valence electrons. The summed E-state index contributed by atoms with van der Waals surface area (Å²) in [5.74, 6) is 2.97. The molecule has 3 nitrogen and oxygen atoms in total. The Labute approximate surface area is 110 Å². The van der Waals surface area contributed by atoms with Crippen molar-refractivity contribution >= 4 is 5.91 Å². The fourth-order valence-corrected chi connectivity index (χ4v) is 3.89. The van der Waals surface area contributed by atoms with E-state index in [1.165, 1.54) is 25.7 Å². The van der Waals surface area contributed by atoms with Crippen molar-refractivity contribution in [2.45, 2.75) is 58.5 Å². The molecule has 0 heterocycles. The Balaban J connectivity index is 1.63. The zero-order valence-corrected chi connectivity index (χ0v) is 11.7. The highest BCUT2D eigenvalue weighted by atomic mass is 16.3. The highest BCUT2D eigenvalue weighted by Gasteiger charge is 2.39. The van der Waals surface area contributed by atoms with Crippen LogP contribution in [0.4, 0.5) is 0 Å². The molecule has 2 bridgehead atoms. The first-order valence-corrected chi connectivity index (χ1v) is 7.49. The molecule has 0 spiro atoms. The maximum absolute atomic E-state index is 11.9. The molecular formula is C15H27NO2. The maximum Gasteiger partial charge on any atom is 0.220 e. The molecule has 2 aliphatic rings. The summed E-state index contributed by atoms with van der Waals surface area (Å²) in [6.07, 6.45) is 6.60. The van der Waals surface area contributed by atoms with Gasteiger partial charge in [0.15, 0.2) is 0 Å². The van der Waals surface area contributed by atoms with E-state index < -0.39 is 0 Å². The fourth-order valence-electron chi connectivity index (χ4n) is 3.89. The SMILES string of the molecule is CC(O)CC(C)CNC(=O)CC1CC2CCC1C2. The minimum absolute atomic E-state index is 0.213. The first-order valence-electron chi connectivity index (χ1n) is 7.49. The first kappa shape index (κ1) is 13.9. The molecule has 5 unspecified atom stereocenters. The monoisotopic (exact) mass is 253 g/mol. The fraction of sp³-hybridized carbons (Fsp3) is 0.933. The summed E-state index contributed by atoms with van der Waals surface area (Å²) in [5, 5.41) is 12.3. The lowest BCUT2D eigenvalue weighted by Gasteiger charge is -2.21. The summed E-state index contributed by atoms with van der Waals surface area (Å²) >= 11 is 0. The van der Waals surface area contributed by atoms with Crippen molar-refractivity contribution in [2.75, 3.05) is 6.54 Å². The average Bonchev–Trinajstić information content (AvgIpc) is 2.87. The van der Waals surface area contributed by atoms with Gasteiger partial charge in [-0.1, -0.05) is 13.3 Å². The molecule has 2 N–H and O–H groups in total. The van der Waals surface area contributed by atoms with Crippen molar-refractivity contribution in [1.29, 1.82) is 0 Å². The Morgan fingerprint density at radius 1 is 1.33 bits per heavy atom. The van der Waals surface area contributed by atoms with Crippen LogP contribution in [0.2, 0.25) is 0 Å². The quantitative estimate of drug-likeness (QED) is 0.763. The molecule has 3 heteroatoms. The third-order valence-corrected chi connectivity index (χ3v) is 4.72. The summed E-state index contributed by atoms with van der Waals surface area (Å²) in [6, 6.07) is 0. The average molecular weight is 253 g/mol. The second-order valence-electron chi connectivity index (χ2n) is 6.63. The van der Waals surface area contributed by atoms with Gasteiger partial charge in [-0.25, -0.2) is 0 Å². The van der Waals surface area contributed by atoms with Gasteiger partial charge in [0.25, 0.3) is 0 Å². The van der Waals surface area contributed by atoms with Gasteiger partial charge < -0.3 is 10.4 Å². The Kier molecular flexibility index (Phi) is 4.66. The van der Waals surface area contributed by atoms with E-state index >= 15 is 0 Å². The van der Waals surface area contributed by atoms with Crippen LogP contribution >= 0.6 is 0 Å². The van der Waals surface area contributed by atoms with Crippen LogP contribution in [0, 0.1) is 23.7 Å². The molecule has 2 fully saturated rings. The van der Waals surface area contributed by atoms with Gasteiger partial charge in [-0.2, -0.15) is 0 Å². The van der Waals surface area contributed by atoms with E-state index in [-0.39, 0.29) is 12.0 Å². The van der Waals surface area contributed by atoms with Gasteiger partial charge in [0.05, 0.1) is 6.10 Å². The minimum atomic E-state index is -0.275. The topological polar surface area (TPSA) is 49.3 Å². The number of carbonyl (C=O) groups is 1. The Bertz CT molecular complexity index is 290. The molecular weight excluding hydrogens is 226 g/mol. The summed E-state index contributed by atoms with van der Waals surface area (Å²) in [6.45, 7) is 4.57. The third kappa shape index (κ3) is 3.71. The number of fused-ring (bicyclic) bond motifs is 2. The van der Waals surface area contributed by atoms with Gasteiger partial charge in [-0.3, -0.25) is 4.79 Å². The van der Waals surface area contributed by atoms with Crippen molar-refractivity contribution in [2.24, 2.45) is 23.7 Å². The molecule has 2 rings (SSSR count). The number of aliphatic hydroxyl groups excluding tert-OH is 1. The van der Waals surface area contributed by atoms with Crippen molar-refractivity contribution in [3.8, 4) is 0 Å². The summed E-state index contributed by atoms with van der Waals surface area (Å²) in [7, 11) is 0. The van der Waals surface area contributed by atoms with E-state index in [9.17, 15) is 9.90 Å². The van der Waals surface area contributed by atoms with Crippen LogP contribution in [0.3, 0.4) is 0 Å². The predicted molar refractivity (Wildman–Crippen MR) is 72.0 cm³/mol. The second-order valence-corrected chi connectivity index (χ2v) is 6.63. The zero-order valence-electron chi connectivity index (χ0n) is 11.7. The van der Waals surface area contributed by atoms with Gasteiger partial charge >= 0.3 is 0 Å². The highest BCUT2D eigenvalue weighted by molar-refractivity contribution is 5.76. The van der Waals surface area contributed by atoms with Crippen molar-refractivity contribution in [3.63, 3.8) is 0 Å². The number of nitrogens with one attached hydrogen (secondary N) is 1. The number of hydrogen-bond acceptors (Lipinski definition) is 2. The van der Waals surface area contributed by atoms with E-state index in [0.29, 0.717) is 18.4 Å². The molecule has 5 atom stereocenters. The molecule has 0 saturated heterocycles. The van der Waals surface area contributed by atoms with E-state index in [2.05, 4.69) is 12.2 Å². The van der Waals surface area contributed by atoms with E-state index in [0.717, 1.165) is 24.7 Å². The smallest absolute Gasteiger partial charge is 0.220 e. The van der Waals surface area contributed by atoms with Crippen LogP contribution in [0.5, 0.6) is 0 Å². The van der Waals surface area contributed by atoms with Gasteiger partial charge in [0.2, 0.25) is 5.91 Å². The Morgan fingerprint density at radius 2 is 2.11 bits per heavy atom. The summed E-state index contributed by atoms with van der Waals surface area (Å²) in [4.78, 5) is 11.9.